The second-order valence-corrected chi connectivity index (χ2v) is 8.70. The molecule has 0 heterocycles. The van der Waals surface area contributed by atoms with E-state index in [4.69, 9.17) is 4.52 Å². The average Bonchev–Trinajstić information content (AvgIpc) is 2.54. The first-order chi connectivity index (χ1) is 11.6. The Bertz CT molecular complexity index is 329. The molecule has 0 bridgehead atoms. The van der Waals surface area contributed by atoms with Crippen LogP contribution in [0.4, 0.5) is 0 Å². The summed E-state index contributed by atoms with van der Waals surface area (Å²) in [6.45, 7) is 4.34. The van der Waals surface area contributed by atoms with Gasteiger partial charge < -0.3 is 9.42 Å². The first-order valence-electron chi connectivity index (χ1n) is 10.2. The molecule has 4 heteroatoms. The third-order valence-corrected chi connectivity index (χ3v) is 5.83. The molecule has 144 valence electrons. The largest absolute Gasteiger partial charge is 0.328 e. The van der Waals surface area contributed by atoms with E-state index in [9.17, 15) is 9.46 Å². The number of allylic oxidation sites excluding steroid dienone is 2. The molecule has 0 saturated carbocycles. The molecule has 3 nitrogen and oxygen atoms in total. The van der Waals surface area contributed by atoms with Crippen LogP contribution in [0.5, 0.6) is 0 Å². The van der Waals surface area contributed by atoms with Crippen molar-refractivity contribution in [2.24, 2.45) is 0 Å². The lowest BCUT2D eigenvalue weighted by Gasteiger charge is -2.09. The van der Waals surface area contributed by atoms with Gasteiger partial charge in [-0.15, -0.1) is 0 Å². The highest BCUT2D eigenvalue weighted by Crippen LogP contribution is 2.42. The number of rotatable bonds is 18. The summed E-state index contributed by atoms with van der Waals surface area (Å²) < 4.78 is 16.3. The van der Waals surface area contributed by atoms with Crippen molar-refractivity contribution in [1.82, 2.24) is 0 Å². The molecular formula is C20H41O3P. The Morgan fingerprint density at radius 3 is 1.71 bits per heavy atom. The van der Waals surface area contributed by atoms with Crippen molar-refractivity contribution in [2.75, 3.05) is 12.8 Å². The van der Waals surface area contributed by atoms with Gasteiger partial charge in [0.2, 0.25) is 0 Å². The Balaban J connectivity index is 3.22. The van der Waals surface area contributed by atoms with Crippen molar-refractivity contribution in [3.05, 3.63) is 12.2 Å². The van der Waals surface area contributed by atoms with Crippen molar-refractivity contribution in [3.63, 3.8) is 0 Å². The summed E-state index contributed by atoms with van der Waals surface area (Å²) >= 11 is 0. The third-order valence-electron chi connectivity index (χ3n) is 4.28. The minimum atomic E-state index is -3.29. The summed E-state index contributed by atoms with van der Waals surface area (Å²) in [6.07, 6.45) is 22.5. The number of hydrogen-bond donors (Lipinski definition) is 1. The van der Waals surface area contributed by atoms with Crippen LogP contribution in [-0.2, 0) is 9.09 Å². The van der Waals surface area contributed by atoms with Gasteiger partial charge in [-0.3, -0.25) is 4.57 Å². The molecular weight excluding hydrogens is 319 g/mol. The first kappa shape index (κ1) is 23.9. The maximum Gasteiger partial charge on any atom is 0.328 e. The number of unbranched alkanes of at least 4 members (excludes halogenated alkanes) is 12. The molecule has 0 spiro atoms. The first-order valence-corrected chi connectivity index (χ1v) is 12.0. The highest BCUT2D eigenvalue weighted by molar-refractivity contribution is 7.52. The Hall–Kier alpha value is -0.110. The zero-order valence-electron chi connectivity index (χ0n) is 16.2. The predicted molar refractivity (Wildman–Crippen MR) is 106 cm³/mol. The van der Waals surface area contributed by atoms with E-state index < -0.39 is 7.60 Å². The van der Waals surface area contributed by atoms with E-state index in [0.29, 0.717) is 12.8 Å². The minimum absolute atomic E-state index is 0.308. The Morgan fingerprint density at radius 2 is 1.21 bits per heavy atom. The van der Waals surface area contributed by atoms with E-state index in [-0.39, 0.29) is 0 Å². The molecule has 1 atom stereocenters. The van der Waals surface area contributed by atoms with E-state index in [1.807, 2.05) is 0 Å². The zero-order valence-corrected chi connectivity index (χ0v) is 17.1. The van der Waals surface area contributed by atoms with Gasteiger partial charge >= 0.3 is 7.60 Å². The molecule has 0 rings (SSSR count). The van der Waals surface area contributed by atoms with Gasteiger partial charge in [0.25, 0.3) is 0 Å². The molecule has 0 amide bonds. The predicted octanol–water partition coefficient (Wildman–Crippen LogP) is 7.25. The molecule has 0 radical (unpaired) electrons. The summed E-state index contributed by atoms with van der Waals surface area (Å²) in [5.41, 5.74) is 0. The fourth-order valence-electron chi connectivity index (χ4n) is 2.83. The summed E-state index contributed by atoms with van der Waals surface area (Å²) in [5.74, 6) is 0. The van der Waals surface area contributed by atoms with Gasteiger partial charge in [0.1, 0.15) is 0 Å². The van der Waals surface area contributed by atoms with Gasteiger partial charge in [0, 0.05) is 6.16 Å². The molecule has 0 aromatic heterocycles. The molecule has 0 aromatic rings. The van der Waals surface area contributed by atoms with E-state index in [2.05, 4.69) is 19.1 Å². The SMILES string of the molecule is CCCCCCCC/C=C\CCCCCCCCP(=O)(O)OCC. The molecule has 1 N–H and O–H groups in total. The maximum absolute atomic E-state index is 11.5. The van der Waals surface area contributed by atoms with E-state index in [0.717, 1.165) is 19.3 Å². The molecule has 24 heavy (non-hydrogen) atoms. The smallest absolute Gasteiger partial charge is 0.324 e. The van der Waals surface area contributed by atoms with Crippen LogP contribution in [0.1, 0.15) is 104 Å². The maximum atomic E-state index is 11.5. The topological polar surface area (TPSA) is 46.5 Å². The molecule has 0 aliphatic rings. The second-order valence-electron chi connectivity index (χ2n) is 6.72. The lowest BCUT2D eigenvalue weighted by molar-refractivity contribution is 0.272. The van der Waals surface area contributed by atoms with Crippen molar-refractivity contribution in [3.8, 4) is 0 Å². The van der Waals surface area contributed by atoms with E-state index >= 15 is 0 Å². The monoisotopic (exact) mass is 360 g/mol. The van der Waals surface area contributed by atoms with Crippen molar-refractivity contribution < 1.29 is 14.0 Å². The van der Waals surface area contributed by atoms with Crippen molar-refractivity contribution >= 4 is 7.60 Å². The van der Waals surface area contributed by atoms with Gasteiger partial charge in [0.05, 0.1) is 6.61 Å². The average molecular weight is 361 g/mol. The summed E-state index contributed by atoms with van der Waals surface area (Å²) in [4.78, 5) is 9.46. The fraction of sp³-hybridized carbons (Fsp3) is 0.900. The Labute approximate surface area is 150 Å². The zero-order chi connectivity index (χ0) is 17.9. The highest BCUT2D eigenvalue weighted by Gasteiger charge is 2.16. The van der Waals surface area contributed by atoms with Crippen LogP contribution in [0.2, 0.25) is 0 Å². The summed E-state index contributed by atoms with van der Waals surface area (Å²) in [5, 5.41) is 0. The lowest BCUT2D eigenvalue weighted by atomic mass is 10.1. The van der Waals surface area contributed by atoms with E-state index in [1.54, 1.807) is 6.92 Å². The van der Waals surface area contributed by atoms with Crippen LogP contribution in [0.25, 0.3) is 0 Å². The molecule has 1 unspecified atom stereocenters. The van der Waals surface area contributed by atoms with Gasteiger partial charge in [0.15, 0.2) is 0 Å². The quantitative estimate of drug-likeness (QED) is 0.159. The Kier molecular flexibility index (Phi) is 17.6. The number of hydrogen-bond acceptors (Lipinski definition) is 2. The van der Waals surface area contributed by atoms with Gasteiger partial charge in [-0.05, 0) is 39.0 Å². The highest BCUT2D eigenvalue weighted by atomic mass is 31.2. The van der Waals surface area contributed by atoms with Crippen LogP contribution < -0.4 is 0 Å². The second kappa shape index (κ2) is 17.7. The molecule has 0 aliphatic heterocycles. The van der Waals surface area contributed by atoms with Crippen LogP contribution >= 0.6 is 7.60 Å². The van der Waals surface area contributed by atoms with Crippen LogP contribution in [0.15, 0.2) is 12.2 Å². The van der Waals surface area contributed by atoms with Crippen LogP contribution in [0, 0.1) is 0 Å². The van der Waals surface area contributed by atoms with Crippen LogP contribution in [-0.4, -0.2) is 17.7 Å². The molecule has 0 fully saturated rings. The van der Waals surface area contributed by atoms with Gasteiger partial charge in [-0.2, -0.15) is 0 Å². The standard InChI is InChI=1S/C20H41O3P/c1-3-5-6-7-8-9-10-11-12-13-14-15-16-17-18-19-20-24(21,22)23-4-2/h11-12H,3-10,13-20H2,1-2H3,(H,21,22)/b12-11-. The molecule has 0 aliphatic carbocycles. The van der Waals surface area contributed by atoms with Crippen LogP contribution in [0.3, 0.4) is 0 Å². The fourth-order valence-corrected chi connectivity index (χ4v) is 3.98. The van der Waals surface area contributed by atoms with Gasteiger partial charge in [-0.1, -0.05) is 76.9 Å². The normalized spacial score (nSPS) is 14.3. The van der Waals surface area contributed by atoms with Crippen molar-refractivity contribution in [1.29, 1.82) is 0 Å². The third kappa shape index (κ3) is 18.2. The summed E-state index contributed by atoms with van der Waals surface area (Å²) in [7, 11) is -3.29. The van der Waals surface area contributed by atoms with Crippen molar-refractivity contribution in [2.45, 2.75) is 104 Å². The minimum Gasteiger partial charge on any atom is -0.324 e. The molecule has 0 aromatic carbocycles. The Morgan fingerprint density at radius 1 is 0.750 bits per heavy atom. The van der Waals surface area contributed by atoms with E-state index in [1.165, 1.54) is 70.6 Å². The summed E-state index contributed by atoms with van der Waals surface area (Å²) in [6, 6.07) is 0. The lowest BCUT2D eigenvalue weighted by Crippen LogP contribution is -1.94. The van der Waals surface area contributed by atoms with Gasteiger partial charge in [-0.25, -0.2) is 0 Å². The molecule has 0 saturated heterocycles.